The molecule has 3 aliphatic rings. The van der Waals surface area contributed by atoms with E-state index in [1.54, 1.807) is 0 Å². The Labute approximate surface area is 385 Å². The van der Waals surface area contributed by atoms with Gasteiger partial charge in [0.15, 0.2) is 0 Å². The van der Waals surface area contributed by atoms with E-state index in [1.807, 2.05) is 0 Å². The Bertz CT molecular complexity index is 3830. The highest BCUT2D eigenvalue weighted by atomic mass is 16.3. The number of fused-ring (bicyclic) bond motifs is 15. The molecule has 2 heteroatoms. The van der Waals surface area contributed by atoms with Crippen LogP contribution in [0.4, 0.5) is 17.1 Å². The van der Waals surface area contributed by atoms with Crippen LogP contribution < -0.4 is 4.90 Å². The van der Waals surface area contributed by atoms with Crippen molar-refractivity contribution in [3.63, 3.8) is 0 Å². The molecule has 0 radical (unpaired) electrons. The molecule has 14 rings (SSSR count). The maximum atomic E-state index is 6.72. The van der Waals surface area contributed by atoms with Gasteiger partial charge in [0.2, 0.25) is 0 Å². The van der Waals surface area contributed by atoms with Gasteiger partial charge in [0, 0.05) is 43.9 Å². The number of para-hydroxylation sites is 1. The summed E-state index contributed by atoms with van der Waals surface area (Å²) in [6, 6.07) is 79.2. The van der Waals surface area contributed by atoms with Gasteiger partial charge in [-0.2, -0.15) is 0 Å². The van der Waals surface area contributed by atoms with Gasteiger partial charge in [-0.3, -0.25) is 0 Å². The second-order valence-corrected chi connectivity index (χ2v) is 19.1. The monoisotopic (exact) mass is 843 g/mol. The van der Waals surface area contributed by atoms with Gasteiger partial charge < -0.3 is 9.32 Å². The van der Waals surface area contributed by atoms with Crippen LogP contribution in [0.1, 0.15) is 53.6 Å². The zero-order valence-corrected chi connectivity index (χ0v) is 37.0. The second-order valence-electron chi connectivity index (χ2n) is 19.1. The molecule has 0 N–H and O–H groups in total. The van der Waals surface area contributed by atoms with Crippen molar-refractivity contribution in [2.45, 2.75) is 37.5 Å². The first-order chi connectivity index (χ1) is 32.5. The molecule has 0 saturated carbocycles. The number of benzene rings is 10. The van der Waals surface area contributed by atoms with Crippen LogP contribution >= 0.6 is 0 Å². The molecular weight excluding hydrogens is 799 g/mol. The quantitative estimate of drug-likeness (QED) is 0.172. The number of hydrogen-bond acceptors (Lipinski definition) is 2. The largest absolute Gasteiger partial charge is 0.455 e. The summed E-state index contributed by atoms with van der Waals surface area (Å²) in [5, 5.41) is 4.59. The predicted octanol–water partition coefficient (Wildman–Crippen LogP) is 17.1. The average Bonchev–Trinajstić information content (AvgIpc) is 4.10. The molecule has 3 aliphatic carbocycles. The summed E-state index contributed by atoms with van der Waals surface area (Å²) in [7, 11) is 0. The molecule has 10 aromatic carbocycles. The molecule has 1 spiro atoms. The Kier molecular flexibility index (Phi) is 7.82. The normalized spacial score (nSPS) is 16.1. The number of aryl methyl sites for hydroxylation is 1. The van der Waals surface area contributed by atoms with E-state index in [-0.39, 0.29) is 10.8 Å². The molecule has 0 fully saturated rings. The molecule has 1 heterocycles. The average molecular weight is 844 g/mol. The van der Waals surface area contributed by atoms with Crippen LogP contribution in [0.25, 0.3) is 77.2 Å². The number of furan rings is 1. The van der Waals surface area contributed by atoms with Crippen molar-refractivity contribution < 1.29 is 4.42 Å². The van der Waals surface area contributed by atoms with Gasteiger partial charge >= 0.3 is 0 Å². The Morgan fingerprint density at radius 2 is 1.08 bits per heavy atom. The smallest absolute Gasteiger partial charge is 0.143 e. The summed E-state index contributed by atoms with van der Waals surface area (Å²) >= 11 is 0. The lowest BCUT2D eigenvalue weighted by atomic mass is 9.73. The fourth-order valence-corrected chi connectivity index (χ4v) is 12.7. The second kappa shape index (κ2) is 13.8. The zero-order valence-electron chi connectivity index (χ0n) is 37.0. The van der Waals surface area contributed by atoms with E-state index in [1.165, 1.54) is 72.1 Å². The van der Waals surface area contributed by atoms with Crippen molar-refractivity contribution in [1.82, 2.24) is 0 Å². The lowest BCUT2D eigenvalue weighted by Gasteiger charge is -2.32. The Balaban J connectivity index is 1.01. The minimum atomic E-state index is -0.218. The number of hydrogen-bond donors (Lipinski definition) is 0. The van der Waals surface area contributed by atoms with Gasteiger partial charge in [0.1, 0.15) is 11.2 Å². The highest BCUT2D eigenvalue weighted by Gasteiger charge is 2.48. The first kappa shape index (κ1) is 37.4. The molecule has 312 valence electrons. The summed E-state index contributed by atoms with van der Waals surface area (Å²) in [5.74, 6) is 0. The maximum absolute atomic E-state index is 6.72. The van der Waals surface area contributed by atoms with Crippen molar-refractivity contribution in [2.75, 3.05) is 4.90 Å². The maximum Gasteiger partial charge on any atom is 0.143 e. The molecule has 1 atom stereocenters. The summed E-state index contributed by atoms with van der Waals surface area (Å²) in [4.78, 5) is 2.53. The van der Waals surface area contributed by atoms with Crippen LogP contribution in [-0.4, -0.2) is 0 Å². The molecule has 1 unspecified atom stereocenters. The highest BCUT2D eigenvalue weighted by molar-refractivity contribution is 6.19. The molecule has 66 heavy (non-hydrogen) atoms. The third-order valence-corrected chi connectivity index (χ3v) is 15.5. The predicted molar refractivity (Wildman–Crippen MR) is 274 cm³/mol. The van der Waals surface area contributed by atoms with E-state index in [0.717, 1.165) is 68.4 Å². The van der Waals surface area contributed by atoms with E-state index in [2.05, 4.69) is 231 Å². The van der Waals surface area contributed by atoms with Crippen LogP contribution in [0.15, 0.2) is 217 Å². The van der Waals surface area contributed by atoms with Gasteiger partial charge in [-0.1, -0.05) is 184 Å². The Hall–Kier alpha value is -7.94. The van der Waals surface area contributed by atoms with E-state index >= 15 is 0 Å². The van der Waals surface area contributed by atoms with Crippen LogP contribution in [0, 0.1) is 0 Å². The number of nitrogens with zero attached hydrogens (tertiary/aromatic N) is 1. The van der Waals surface area contributed by atoms with E-state index in [9.17, 15) is 0 Å². The van der Waals surface area contributed by atoms with Crippen molar-refractivity contribution in [3.8, 4) is 44.5 Å². The van der Waals surface area contributed by atoms with Crippen LogP contribution in [-0.2, 0) is 17.3 Å². The topological polar surface area (TPSA) is 16.4 Å². The Morgan fingerprint density at radius 1 is 0.439 bits per heavy atom. The molecule has 0 bridgehead atoms. The Morgan fingerprint density at radius 3 is 1.95 bits per heavy atom. The fraction of sp³-hybridized carbons (Fsp3) is 0.0938. The SMILES string of the molecule is CC1(C)c2ccccc2-c2cccc(-c3ccccc3N(c3cccc(-c4cccc5oc6c7ccccc7ccc6c45)c3)c3ccc4c(c3)C3(CCc5ccccc53)c3ccccc3-4)c21. The number of rotatable bonds is 5. The molecular formula is C64H45NO. The van der Waals surface area contributed by atoms with Gasteiger partial charge in [-0.05, 0) is 133 Å². The van der Waals surface area contributed by atoms with Crippen LogP contribution in [0.3, 0.4) is 0 Å². The minimum Gasteiger partial charge on any atom is -0.455 e. The molecule has 11 aromatic rings. The lowest BCUT2D eigenvalue weighted by molar-refractivity contribution is 0.626. The standard InChI is InChI=1S/C64H45NO/c1-63(2)55-28-10-6-22-48(55)51-25-14-26-52(61(51)63)50-23-8-12-30-58(50)65(44-33-35-49-47-21-7-11-29-56(47)64(57(49)39-44)37-36-41-17-4-9-27-54(41)64)43-19-13-18-42(38-43)45-24-15-31-59-60(45)53-34-32-40-16-3-5-20-46(40)62(53)66-59/h3-35,38-39H,36-37H2,1-2H3. The third kappa shape index (κ3) is 5.07. The first-order valence-corrected chi connectivity index (χ1v) is 23.4. The van der Waals surface area contributed by atoms with Crippen LogP contribution in [0.5, 0.6) is 0 Å². The van der Waals surface area contributed by atoms with E-state index in [0.29, 0.717) is 0 Å². The van der Waals surface area contributed by atoms with Gasteiger partial charge in [-0.25, -0.2) is 0 Å². The fourth-order valence-electron chi connectivity index (χ4n) is 12.7. The van der Waals surface area contributed by atoms with Crippen LogP contribution in [0.2, 0.25) is 0 Å². The summed E-state index contributed by atoms with van der Waals surface area (Å²) in [6.07, 6.45) is 2.11. The molecule has 0 saturated heterocycles. The van der Waals surface area contributed by atoms with Gasteiger partial charge in [0.25, 0.3) is 0 Å². The third-order valence-electron chi connectivity index (χ3n) is 15.5. The molecule has 2 nitrogen and oxygen atoms in total. The van der Waals surface area contributed by atoms with Crippen molar-refractivity contribution >= 4 is 49.8 Å². The molecule has 0 amide bonds. The van der Waals surface area contributed by atoms with Gasteiger partial charge in [-0.15, -0.1) is 0 Å². The lowest BCUT2D eigenvalue weighted by Crippen LogP contribution is -2.24. The van der Waals surface area contributed by atoms with Crippen molar-refractivity contribution in [1.29, 1.82) is 0 Å². The highest BCUT2D eigenvalue weighted by Crippen LogP contribution is 2.60. The minimum absolute atomic E-state index is 0.181. The molecule has 1 aromatic heterocycles. The van der Waals surface area contributed by atoms with Crippen molar-refractivity contribution in [3.05, 3.63) is 246 Å². The van der Waals surface area contributed by atoms with E-state index in [4.69, 9.17) is 4.42 Å². The summed E-state index contributed by atoms with van der Waals surface area (Å²) in [6.45, 7) is 4.79. The molecule has 0 aliphatic heterocycles. The number of anilines is 3. The summed E-state index contributed by atoms with van der Waals surface area (Å²) in [5.41, 5.74) is 23.4. The zero-order chi connectivity index (χ0) is 43.7. The van der Waals surface area contributed by atoms with Gasteiger partial charge in [0.05, 0.1) is 5.69 Å². The van der Waals surface area contributed by atoms with E-state index < -0.39 is 0 Å². The van der Waals surface area contributed by atoms with Crippen molar-refractivity contribution in [2.24, 2.45) is 0 Å². The summed E-state index contributed by atoms with van der Waals surface area (Å²) < 4.78 is 6.72. The first-order valence-electron chi connectivity index (χ1n) is 23.4.